The van der Waals surface area contributed by atoms with Crippen molar-refractivity contribution in [2.45, 2.75) is 57.1 Å². The number of carbonyl (C=O) groups excluding carboxylic acids is 2. The first-order valence-corrected chi connectivity index (χ1v) is 9.51. The molecule has 2 heterocycles. The summed E-state index contributed by atoms with van der Waals surface area (Å²) < 4.78 is 2.05. The minimum atomic E-state index is -0.771. The lowest BCUT2D eigenvalue weighted by Crippen LogP contribution is -2.44. The van der Waals surface area contributed by atoms with Crippen molar-refractivity contribution in [3.8, 4) is 0 Å². The van der Waals surface area contributed by atoms with Gasteiger partial charge < -0.3 is 19.9 Å². The Morgan fingerprint density at radius 1 is 1.20 bits per heavy atom. The van der Waals surface area contributed by atoms with E-state index in [2.05, 4.69) is 5.32 Å². The third-order valence-electron chi connectivity index (χ3n) is 5.90. The van der Waals surface area contributed by atoms with Gasteiger partial charge in [-0.15, -0.1) is 0 Å². The van der Waals surface area contributed by atoms with Crippen LogP contribution in [-0.4, -0.2) is 51.6 Å². The van der Waals surface area contributed by atoms with Gasteiger partial charge in [-0.3, -0.25) is 9.59 Å². The molecule has 0 aromatic carbocycles. The van der Waals surface area contributed by atoms with Crippen molar-refractivity contribution >= 4 is 11.8 Å². The SMILES string of the molecule is O=C(NCC1CC1)c1ccc2n1CCN(C(=O)CC1(O)CCC1)CC2. The summed E-state index contributed by atoms with van der Waals surface area (Å²) in [4.78, 5) is 26.8. The normalized spacial score (nSPS) is 21.9. The molecule has 0 radical (unpaired) electrons. The van der Waals surface area contributed by atoms with Crippen molar-refractivity contribution in [2.24, 2.45) is 5.92 Å². The number of hydrogen-bond acceptors (Lipinski definition) is 3. The molecule has 0 saturated heterocycles. The first-order valence-electron chi connectivity index (χ1n) is 9.51. The van der Waals surface area contributed by atoms with Gasteiger partial charge >= 0.3 is 0 Å². The van der Waals surface area contributed by atoms with E-state index in [4.69, 9.17) is 0 Å². The Balaban J connectivity index is 1.38. The lowest BCUT2D eigenvalue weighted by Gasteiger charge is -2.37. The Labute approximate surface area is 148 Å². The molecule has 136 valence electrons. The molecule has 25 heavy (non-hydrogen) atoms. The zero-order valence-corrected chi connectivity index (χ0v) is 14.7. The predicted molar refractivity (Wildman–Crippen MR) is 93.2 cm³/mol. The van der Waals surface area contributed by atoms with Crippen LogP contribution in [-0.2, 0) is 17.8 Å². The van der Waals surface area contributed by atoms with E-state index in [1.165, 1.54) is 12.8 Å². The Kier molecular flexibility index (Phi) is 4.31. The lowest BCUT2D eigenvalue weighted by molar-refractivity contribution is -0.140. The number of amides is 2. The van der Waals surface area contributed by atoms with Gasteiger partial charge in [-0.25, -0.2) is 0 Å². The molecule has 4 rings (SSSR count). The third kappa shape index (κ3) is 3.59. The molecule has 2 amide bonds. The molecule has 0 bridgehead atoms. The zero-order valence-electron chi connectivity index (χ0n) is 14.7. The summed E-state index contributed by atoms with van der Waals surface area (Å²) in [6.07, 6.45) is 5.90. The quantitative estimate of drug-likeness (QED) is 0.845. The molecule has 2 saturated carbocycles. The maximum Gasteiger partial charge on any atom is 0.267 e. The van der Waals surface area contributed by atoms with E-state index < -0.39 is 5.60 Å². The summed E-state index contributed by atoms with van der Waals surface area (Å²) >= 11 is 0. The molecule has 2 fully saturated rings. The largest absolute Gasteiger partial charge is 0.389 e. The first-order chi connectivity index (χ1) is 12.0. The fourth-order valence-corrected chi connectivity index (χ4v) is 3.83. The van der Waals surface area contributed by atoms with Crippen LogP contribution in [0.4, 0.5) is 0 Å². The highest BCUT2D eigenvalue weighted by molar-refractivity contribution is 5.93. The molecule has 1 aliphatic heterocycles. The molecule has 1 aromatic rings. The molecule has 6 nitrogen and oxygen atoms in total. The highest BCUT2D eigenvalue weighted by Gasteiger charge is 2.38. The van der Waals surface area contributed by atoms with Gasteiger partial charge in [0.15, 0.2) is 0 Å². The molecule has 2 aliphatic carbocycles. The van der Waals surface area contributed by atoms with Crippen molar-refractivity contribution in [2.75, 3.05) is 19.6 Å². The monoisotopic (exact) mass is 345 g/mol. The summed E-state index contributed by atoms with van der Waals surface area (Å²) in [5.74, 6) is 0.683. The molecular formula is C19H27N3O3. The smallest absolute Gasteiger partial charge is 0.267 e. The van der Waals surface area contributed by atoms with Crippen molar-refractivity contribution in [3.05, 3.63) is 23.5 Å². The van der Waals surface area contributed by atoms with Gasteiger partial charge in [-0.05, 0) is 50.2 Å². The molecule has 6 heteroatoms. The molecule has 1 aromatic heterocycles. The number of aliphatic hydroxyl groups is 1. The van der Waals surface area contributed by atoms with E-state index in [0.29, 0.717) is 31.2 Å². The van der Waals surface area contributed by atoms with Gasteiger partial charge in [0.05, 0.1) is 12.0 Å². The summed E-state index contributed by atoms with van der Waals surface area (Å²) in [7, 11) is 0. The topological polar surface area (TPSA) is 74.6 Å². The molecule has 0 unspecified atom stereocenters. The number of carbonyl (C=O) groups is 2. The van der Waals surface area contributed by atoms with Crippen molar-refractivity contribution < 1.29 is 14.7 Å². The Morgan fingerprint density at radius 3 is 2.68 bits per heavy atom. The highest BCUT2D eigenvalue weighted by Crippen LogP contribution is 2.35. The van der Waals surface area contributed by atoms with Crippen LogP contribution in [0.2, 0.25) is 0 Å². The Morgan fingerprint density at radius 2 is 2.00 bits per heavy atom. The van der Waals surface area contributed by atoms with Crippen LogP contribution in [0.3, 0.4) is 0 Å². The molecule has 3 aliphatic rings. The van der Waals surface area contributed by atoms with Crippen LogP contribution in [0.1, 0.15) is 54.7 Å². The van der Waals surface area contributed by atoms with Crippen LogP contribution < -0.4 is 5.32 Å². The molecule has 0 atom stereocenters. The van der Waals surface area contributed by atoms with Gasteiger partial charge in [0, 0.05) is 38.3 Å². The van der Waals surface area contributed by atoms with E-state index in [1.54, 1.807) is 0 Å². The fourth-order valence-electron chi connectivity index (χ4n) is 3.83. The van der Waals surface area contributed by atoms with E-state index in [9.17, 15) is 14.7 Å². The van der Waals surface area contributed by atoms with Gasteiger partial charge in [-0.2, -0.15) is 0 Å². The summed E-state index contributed by atoms with van der Waals surface area (Å²) in [6.45, 7) is 2.66. The summed E-state index contributed by atoms with van der Waals surface area (Å²) in [5.41, 5.74) is 1.03. The van der Waals surface area contributed by atoms with Crippen molar-refractivity contribution in [1.29, 1.82) is 0 Å². The lowest BCUT2D eigenvalue weighted by atomic mass is 9.77. The second kappa shape index (κ2) is 6.48. The van der Waals surface area contributed by atoms with Gasteiger partial charge in [0.1, 0.15) is 5.69 Å². The average molecular weight is 345 g/mol. The van der Waals surface area contributed by atoms with E-state index in [-0.39, 0.29) is 18.2 Å². The van der Waals surface area contributed by atoms with Crippen LogP contribution in [0, 0.1) is 5.92 Å². The third-order valence-corrected chi connectivity index (χ3v) is 5.90. The summed E-state index contributed by atoms with van der Waals surface area (Å²) in [6, 6.07) is 3.89. The molecule has 2 N–H and O–H groups in total. The number of nitrogens with zero attached hydrogens (tertiary/aromatic N) is 2. The number of rotatable bonds is 5. The standard InChI is InChI=1S/C19H27N3O3/c23-17(12-19(25)7-1-8-19)21-9-6-15-4-5-16(22(15)11-10-21)18(24)20-13-14-2-3-14/h4-5,14,25H,1-3,6-13H2,(H,20,24). The highest BCUT2D eigenvalue weighted by atomic mass is 16.3. The number of fused-ring (bicyclic) bond motifs is 1. The fraction of sp³-hybridized carbons (Fsp3) is 0.684. The number of nitrogens with one attached hydrogen (secondary N) is 1. The first kappa shape index (κ1) is 16.6. The van der Waals surface area contributed by atoms with Gasteiger partial charge in [0.2, 0.25) is 5.91 Å². The Bertz CT molecular complexity index is 673. The minimum absolute atomic E-state index is 0.0123. The van der Waals surface area contributed by atoms with Gasteiger partial charge in [-0.1, -0.05) is 0 Å². The summed E-state index contributed by atoms with van der Waals surface area (Å²) in [5, 5.41) is 13.3. The maximum atomic E-state index is 12.5. The second-order valence-electron chi connectivity index (χ2n) is 7.90. The maximum absolute atomic E-state index is 12.5. The van der Waals surface area contributed by atoms with Gasteiger partial charge in [0.25, 0.3) is 5.91 Å². The van der Waals surface area contributed by atoms with E-state index >= 15 is 0 Å². The number of aromatic nitrogens is 1. The average Bonchev–Trinajstić information content (AvgIpc) is 3.34. The number of hydrogen-bond donors (Lipinski definition) is 2. The van der Waals surface area contributed by atoms with Crippen LogP contribution in [0.25, 0.3) is 0 Å². The molecule has 0 spiro atoms. The zero-order chi connectivity index (χ0) is 17.4. The van der Waals surface area contributed by atoms with E-state index in [0.717, 1.165) is 37.9 Å². The second-order valence-corrected chi connectivity index (χ2v) is 7.90. The predicted octanol–water partition coefficient (Wildman–Crippen LogP) is 1.32. The Hall–Kier alpha value is -1.82. The van der Waals surface area contributed by atoms with Crippen molar-refractivity contribution in [1.82, 2.24) is 14.8 Å². The van der Waals surface area contributed by atoms with Crippen molar-refractivity contribution in [3.63, 3.8) is 0 Å². The van der Waals surface area contributed by atoms with E-state index in [1.807, 2.05) is 21.6 Å². The van der Waals surface area contributed by atoms with Crippen LogP contribution in [0.15, 0.2) is 12.1 Å². The molecular weight excluding hydrogens is 318 g/mol. The minimum Gasteiger partial charge on any atom is -0.389 e. The van der Waals surface area contributed by atoms with Crippen LogP contribution in [0.5, 0.6) is 0 Å². The van der Waals surface area contributed by atoms with Crippen LogP contribution >= 0.6 is 0 Å².